The molecule has 31 heavy (non-hydrogen) atoms. The van der Waals surface area contributed by atoms with Crippen LogP contribution < -0.4 is 5.32 Å². The Labute approximate surface area is 177 Å². The fraction of sp³-hybridized carbons (Fsp3) is 0.238. The third-order valence-corrected chi connectivity index (χ3v) is 4.40. The van der Waals surface area contributed by atoms with Gasteiger partial charge in [-0.3, -0.25) is 19.7 Å². The number of anilines is 1. The van der Waals surface area contributed by atoms with E-state index < -0.39 is 23.4 Å². The Hall–Kier alpha value is -4.08. The molecule has 0 bridgehead atoms. The van der Waals surface area contributed by atoms with Gasteiger partial charge in [0.15, 0.2) is 6.61 Å². The largest absolute Gasteiger partial charge is 0.456 e. The number of amides is 1. The van der Waals surface area contributed by atoms with Crippen LogP contribution in [-0.2, 0) is 20.7 Å². The molecule has 0 spiro atoms. The Morgan fingerprint density at radius 3 is 2.61 bits per heavy atom. The molecule has 2 aromatic carbocycles. The van der Waals surface area contributed by atoms with E-state index in [-0.39, 0.29) is 30.1 Å². The van der Waals surface area contributed by atoms with E-state index in [0.29, 0.717) is 11.4 Å². The molecule has 1 N–H and O–H groups in total. The predicted octanol–water partition coefficient (Wildman–Crippen LogP) is 3.38. The van der Waals surface area contributed by atoms with Gasteiger partial charge in [-0.2, -0.15) is 4.98 Å². The number of nitro benzene ring substituents is 1. The van der Waals surface area contributed by atoms with Crippen molar-refractivity contribution in [1.82, 2.24) is 10.1 Å². The summed E-state index contributed by atoms with van der Waals surface area (Å²) < 4.78 is 10.1. The monoisotopic (exact) mass is 424 g/mol. The highest BCUT2D eigenvalue weighted by molar-refractivity contribution is 5.95. The van der Waals surface area contributed by atoms with Gasteiger partial charge in [0.05, 0.1) is 11.3 Å². The highest BCUT2D eigenvalue weighted by Gasteiger charge is 2.19. The van der Waals surface area contributed by atoms with E-state index in [1.54, 1.807) is 13.0 Å². The van der Waals surface area contributed by atoms with Crippen molar-refractivity contribution >= 4 is 23.3 Å². The van der Waals surface area contributed by atoms with Crippen LogP contribution in [0.3, 0.4) is 0 Å². The van der Waals surface area contributed by atoms with Gasteiger partial charge in [0.2, 0.25) is 11.7 Å². The minimum absolute atomic E-state index is 0.0622. The molecular formula is C21H20N4O6. The predicted molar refractivity (Wildman–Crippen MR) is 110 cm³/mol. The van der Waals surface area contributed by atoms with E-state index in [0.717, 1.165) is 11.1 Å². The fourth-order valence-electron chi connectivity index (χ4n) is 2.75. The van der Waals surface area contributed by atoms with Crippen LogP contribution >= 0.6 is 0 Å². The van der Waals surface area contributed by atoms with E-state index in [9.17, 15) is 19.7 Å². The van der Waals surface area contributed by atoms with Crippen molar-refractivity contribution in [3.63, 3.8) is 0 Å². The first-order valence-corrected chi connectivity index (χ1v) is 9.42. The first-order valence-electron chi connectivity index (χ1n) is 9.42. The number of esters is 1. The second-order valence-electron chi connectivity index (χ2n) is 6.81. The maximum absolute atomic E-state index is 12.1. The number of carbonyl (C=O) groups excluding carboxylic acids is 2. The molecule has 1 amide bonds. The number of carbonyl (C=O) groups is 2. The maximum Gasteiger partial charge on any atom is 0.306 e. The normalized spacial score (nSPS) is 10.5. The summed E-state index contributed by atoms with van der Waals surface area (Å²) in [6, 6.07) is 12.0. The van der Waals surface area contributed by atoms with E-state index in [1.165, 1.54) is 12.1 Å². The molecule has 0 saturated heterocycles. The van der Waals surface area contributed by atoms with Gasteiger partial charge in [0.25, 0.3) is 11.6 Å². The molecule has 0 fully saturated rings. The second kappa shape index (κ2) is 9.61. The number of nitrogens with one attached hydrogen (secondary N) is 1. The summed E-state index contributed by atoms with van der Waals surface area (Å²) in [5, 5.41) is 17.4. The summed E-state index contributed by atoms with van der Waals surface area (Å²) in [7, 11) is 0. The molecule has 0 unspecified atom stereocenters. The fourth-order valence-corrected chi connectivity index (χ4v) is 2.75. The SMILES string of the molecule is Cc1ccc(-c2noc(CCC(=O)OCC(=O)Nc3c(C)cccc3[N+](=O)[O-])n2)cc1. The standard InChI is InChI=1S/C21H20N4O6/c1-13-6-8-15(9-7-13)21-23-18(31-24-21)10-11-19(27)30-12-17(26)22-20-14(2)4-3-5-16(20)25(28)29/h3-9H,10-12H2,1-2H3,(H,22,26). The summed E-state index contributed by atoms with van der Waals surface area (Å²) in [5.41, 5.74) is 2.26. The van der Waals surface area contributed by atoms with Crippen molar-refractivity contribution in [1.29, 1.82) is 0 Å². The van der Waals surface area contributed by atoms with Gasteiger partial charge in [-0.15, -0.1) is 0 Å². The van der Waals surface area contributed by atoms with Crippen LogP contribution in [0.2, 0.25) is 0 Å². The highest BCUT2D eigenvalue weighted by atomic mass is 16.6. The number of hydrogen-bond donors (Lipinski definition) is 1. The lowest BCUT2D eigenvalue weighted by Crippen LogP contribution is -2.22. The smallest absolute Gasteiger partial charge is 0.306 e. The van der Waals surface area contributed by atoms with Crippen molar-refractivity contribution in [3.05, 3.63) is 69.6 Å². The van der Waals surface area contributed by atoms with Crippen molar-refractivity contribution in [3.8, 4) is 11.4 Å². The highest BCUT2D eigenvalue weighted by Crippen LogP contribution is 2.27. The Morgan fingerprint density at radius 2 is 1.90 bits per heavy atom. The van der Waals surface area contributed by atoms with Gasteiger partial charge in [-0.1, -0.05) is 47.1 Å². The Morgan fingerprint density at radius 1 is 1.16 bits per heavy atom. The number of rotatable bonds is 8. The number of nitrogens with zero attached hydrogens (tertiary/aromatic N) is 3. The van der Waals surface area contributed by atoms with Crippen LogP contribution in [0.5, 0.6) is 0 Å². The molecule has 0 saturated carbocycles. The minimum atomic E-state index is -0.676. The second-order valence-corrected chi connectivity index (χ2v) is 6.81. The molecule has 3 aromatic rings. The lowest BCUT2D eigenvalue weighted by atomic mass is 10.1. The number of para-hydroxylation sites is 1. The lowest BCUT2D eigenvalue weighted by Gasteiger charge is -2.09. The summed E-state index contributed by atoms with van der Waals surface area (Å²) in [5.74, 6) is -0.621. The number of ether oxygens (including phenoxy) is 1. The molecule has 0 aliphatic carbocycles. The zero-order valence-electron chi connectivity index (χ0n) is 17.0. The van der Waals surface area contributed by atoms with Crippen molar-refractivity contribution < 1.29 is 23.8 Å². The van der Waals surface area contributed by atoms with E-state index >= 15 is 0 Å². The average molecular weight is 424 g/mol. The van der Waals surface area contributed by atoms with Gasteiger partial charge in [-0.05, 0) is 19.4 Å². The van der Waals surface area contributed by atoms with Crippen LogP contribution in [0.1, 0.15) is 23.4 Å². The zero-order chi connectivity index (χ0) is 22.4. The van der Waals surface area contributed by atoms with Gasteiger partial charge < -0.3 is 14.6 Å². The lowest BCUT2D eigenvalue weighted by molar-refractivity contribution is -0.384. The number of aryl methyl sites for hydroxylation is 3. The van der Waals surface area contributed by atoms with Crippen LogP contribution in [0.25, 0.3) is 11.4 Å². The molecule has 160 valence electrons. The molecule has 3 rings (SSSR count). The van der Waals surface area contributed by atoms with Gasteiger partial charge >= 0.3 is 5.97 Å². The van der Waals surface area contributed by atoms with Crippen molar-refractivity contribution in [2.75, 3.05) is 11.9 Å². The van der Waals surface area contributed by atoms with Gasteiger partial charge in [0, 0.05) is 18.1 Å². The van der Waals surface area contributed by atoms with E-state index in [1.807, 2.05) is 31.2 Å². The summed E-state index contributed by atoms with van der Waals surface area (Å²) in [4.78, 5) is 38.7. The van der Waals surface area contributed by atoms with Crippen LogP contribution in [0, 0.1) is 24.0 Å². The summed E-state index contributed by atoms with van der Waals surface area (Å²) >= 11 is 0. The maximum atomic E-state index is 12.1. The van der Waals surface area contributed by atoms with Crippen molar-refractivity contribution in [2.45, 2.75) is 26.7 Å². The van der Waals surface area contributed by atoms with Crippen LogP contribution in [0.4, 0.5) is 11.4 Å². The Bertz CT molecular complexity index is 1110. The quantitative estimate of drug-likeness (QED) is 0.330. The third kappa shape index (κ3) is 5.72. The Kier molecular flexibility index (Phi) is 6.71. The first kappa shape index (κ1) is 21.6. The molecule has 10 heteroatoms. The van der Waals surface area contributed by atoms with E-state index in [4.69, 9.17) is 9.26 Å². The molecular weight excluding hydrogens is 404 g/mol. The topological polar surface area (TPSA) is 137 Å². The Balaban J connectivity index is 1.48. The molecule has 1 heterocycles. The number of hydrogen-bond acceptors (Lipinski definition) is 8. The first-order chi connectivity index (χ1) is 14.8. The van der Waals surface area contributed by atoms with Crippen LogP contribution in [-0.4, -0.2) is 33.5 Å². The molecule has 1 aromatic heterocycles. The molecule has 10 nitrogen and oxygen atoms in total. The average Bonchev–Trinajstić information content (AvgIpc) is 3.21. The van der Waals surface area contributed by atoms with Gasteiger partial charge in [0.1, 0.15) is 5.69 Å². The number of aromatic nitrogens is 2. The molecule has 0 atom stereocenters. The number of nitro groups is 1. The summed E-state index contributed by atoms with van der Waals surface area (Å²) in [6.45, 7) is 3.03. The molecule has 0 aliphatic rings. The van der Waals surface area contributed by atoms with Crippen molar-refractivity contribution in [2.24, 2.45) is 0 Å². The summed E-state index contributed by atoms with van der Waals surface area (Å²) in [6.07, 6.45) is 0.0932. The van der Waals surface area contributed by atoms with Gasteiger partial charge in [-0.25, -0.2) is 0 Å². The minimum Gasteiger partial charge on any atom is -0.456 e. The third-order valence-electron chi connectivity index (χ3n) is 4.40. The number of benzene rings is 2. The van der Waals surface area contributed by atoms with Crippen LogP contribution in [0.15, 0.2) is 47.0 Å². The molecule has 0 radical (unpaired) electrons. The van der Waals surface area contributed by atoms with E-state index in [2.05, 4.69) is 15.5 Å². The zero-order valence-corrected chi connectivity index (χ0v) is 17.0. The molecule has 0 aliphatic heterocycles.